The fraction of sp³-hybridized carbons (Fsp3) is 0.273. The van der Waals surface area contributed by atoms with Crippen LogP contribution >= 0.6 is 23.4 Å². The molecule has 0 bridgehead atoms. The second kappa shape index (κ2) is 8.52. The minimum atomic E-state index is -0.248. The predicted octanol–water partition coefficient (Wildman–Crippen LogP) is 5.00. The third-order valence-electron chi connectivity index (χ3n) is 4.99. The van der Waals surface area contributed by atoms with Crippen LogP contribution in [-0.2, 0) is 6.54 Å². The topological polar surface area (TPSA) is 45.2 Å². The van der Waals surface area contributed by atoms with Crippen molar-refractivity contribution in [2.75, 3.05) is 29.9 Å². The molecule has 4 rings (SSSR count). The van der Waals surface area contributed by atoms with Crippen molar-refractivity contribution in [2.45, 2.75) is 13.5 Å². The highest BCUT2D eigenvalue weighted by molar-refractivity contribution is 7.99. The summed E-state index contributed by atoms with van der Waals surface area (Å²) in [5, 5.41) is 5.11. The number of amides is 1. The largest absolute Gasteiger partial charge is 0.320 e. The van der Waals surface area contributed by atoms with Crippen molar-refractivity contribution in [3.8, 4) is 0 Å². The minimum Gasteiger partial charge on any atom is -0.320 e. The molecule has 0 radical (unpaired) electrons. The molecule has 1 aromatic heterocycles. The number of anilines is 1. The van der Waals surface area contributed by atoms with E-state index < -0.39 is 0 Å². The third-order valence-corrected chi connectivity index (χ3v) is 6.22. The Hall–Kier alpha value is -2.08. The molecule has 0 spiro atoms. The number of carbonyl (C=O) groups is 1. The number of thioether (sulfide) groups is 1. The van der Waals surface area contributed by atoms with E-state index in [0.717, 1.165) is 41.7 Å². The van der Waals surface area contributed by atoms with Gasteiger partial charge in [-0.2, -0.15) is 11.8 Å². The second-order valence-electron chi connectivity index (χ2n) is 7.01. The van der Waals surface area contributed by atoms with Crippen LogP contribution in [0.3, 0.4) is 0 Å². The van der Waals surface area contributed by atoms with Crippen molar-refractivity contribution in [3.63, 3.8) is 0 Å². The van der Waals surface area contributed by atoms with Gasteiger partial charge in [0, 0.05) is 42.2 Å². The Labute approximate surface area is 174 Å². The molecule has 1 saturated heterocycles. The maximum atomic E-state index is 12.8. The zero-order valence-corrected chi connectivity index (χ0v) is 17.3. The van der Waals surface area contributed by atoms with E-state index in [1.54, 1.807) is 6.07 Å². The summed E-state index contributed by atoms with van der Waals surface area (Å²) in [4.78, 5) is 19.6. The molecule has 0 saturated carbocycles. The molecule has 1 fully saturated rings. The lowest BCUT2D eigenvalue weighted by Gasteiger charge is -2.26. The number of benzene rings is 2. The highest BCUT2D eigenvalue weighted by Crippen LogP contribution is 2.24. The summed E-state index contributed by atoms with van der Waals surface area (Å²) >= 11 is 8.28. The summed E-state index contributed by atoms with van der Waals surface area (Å²) in [6.45, 7) is 5.13. The van der Waals surface area contributed by atoms with Crippen molar-refractivity contribution < 1.29 is 4.79 Å². The van der Waals surface area contributed by atoms with Crippen LogP contribution in [0.15, 0.2) is 48.5 Å². The quantitative estimate of drug-likeness (QED) is 0.614. The van der Waals surface area contributed by atoms with Crippen LogP contribution in [0.5, 0.6) is 0 Å². The maximum Gasteiger partial charge on any atom is 0.274 e. The third kappa shape index (κ3) is 4.32. The summed E-state index contributed by atoms with van der Waals surface area (Å²) in [6.07, 6.45) is 0. The number of hydrogen-bond donors (Lipinski definition) is 1. The SMILES string of the molecule is Cc1ccc(CN2CCSCC2)cc1NC(=O)c1cc2ccccc2c(Cl)n1. The molecular formula is C22H22ClN3OS. The molecule has 1 amide bonds. The summed E-state index contributed by atoms with van der Waals surface area (Å²) in [6, 6.07) is 15.7. The van der Waals surface area contributed by atoms with Crippen LogP contribution in [0, 0.1) is 6.92 Å². The van der Waals surface area contributed by atoms with Crippen molar-refractivity contribution in [1.29, 1.82) is 0 Å². The molecule has 0 unspecified atom stereocenters. The number of halogens is 1. The molecular weight excluding hydrogens is 390 g/mol. The predicted molar refractivity (Wildman–Crippen MR) is 118 cm³/mol. The van der Waals surface area contributed by atoms with Gasteiger partial charge in [0.05, 0.1) is 0 Å². The minimum absolute atomic E-state index is 0.248. The van der Waals surface area contributed by atoms with Crippen LogP contribution in [0.1, 0.15) is 21.6 Å². The van der Waals surface area contributed by atoms with Crippen LogP contribution in [0.4, 0.5) is 5.69 Å². The number of nitrogens with one attached hydrogen (secondary N) is 1. The van der Waals surface area contributed by atoms with Crippen molar-refractivity contribution in [1.82, 2.24) is 9.88 Å². The number of nitrogens with zero attached hydrogens (tertiary/aromatic N) is 2. The van der Waals surface area contributed by atoms with Gasteiger partial charge in [0.15, 0.2) is 0 Å². The standard InChI is InChI=1S/C22H22ClN3OS/c1-15-6-7-16(14-26-8-10-28-11-9-26)12-19(15)25-22(27)20-13-17-4-2-3-5-18(17)21(23)24-20/h2-7,12-13H,8-11,14H2,1H3,(H,25,27). The average molecular weight is 412 g/mol. The number of rotatable bonds is 4. The molecule has 28 heavy (non-hydrogen) atoms. The first-order chi connectivity index (χ1) is 13.6. The first-order valence-corrected chi connectivity index (χ1v) is 10.9. The van der Waals surface area contributed by atoms with Gasteiger partial charge in [-0.1, -0.05) is 48.0 Å². The summed E-state index contributed by atoms with van der Waals surface area (Å²) in [7, 11) is 0. The number of pyridine rings is 1. The van der Waals surface area contributed by atoms with E-state index in [1.807, 2.05) is 43.0 Å². The molecule has 0 atom stereocenters. The molecule has 1 aliphatic heterocycles. The first-order valence-electron chi connectivity index (χ1n) is 9.36. The second-order valence-corrected chi connectivity index (χ2v) is 8.59. The maximum absolute atomic E-state index is 12.8. The Balaban J connectivity index is 1.54. The smallest absolute Gasteiger partial charge is 0.274 e. The number of aromatic nitrogens is 1. The Bertz CT molecular complexity index is 1020. The Morgan fingerprint density at radius 1 is 1.18 bits per heavy atom. The van der Waals surface area contributed by atoms with Gasteiger partial charge in [-0.05, 0) is 35.6 Å². The van der Waals surface area contributed by atoms with Gasteiger partial charge >= 0.3 is 0 Å². The van der Waals surface area contributed by atoms with Crippen molar-refractivity contribution in [3.05, 3.63) is 70.5 Å². The fourth-order valence-corrected chi connectivity index (χ4v) is 4.62. The zero-order valence-electron chi connectivity index (χ0n) is 15.7. The van der Waals surface area contributed by atoms with Crippen LogP contribution in [-0.4, -0.2) is 40.4 Å². The molecule has 144 valence electrons. The van der Waals surface area contributed by atoms with Crippen molar-refractivity contribution in [2.24, 2.45) is 0 Å². The van der Waals surface area contributed by atoms with Gasteiger partial charge in [0.25, 0.3) is 5.91 Å². The summed E-state index contributed by atoms with van der Waals surface area (Å²) in [5.41, 5.74) is 3.37. The number of carbonyl (C=O) groups excluding carboxylic acids is 1. The lowest BCUT2D eigenvalue weighted by atomic mass is 10.1. The van der Waals surface area contributed by atoms with Gasteiger partial charge in [0.2, 0.25) is 0 Å². The molecule has 3 aromatic rings. The lowest BCUT2D eigenvalue weighted by molar-refractivity contribution is 0.102. The van der Waals surface area contributed by atoms with Crippen LogP contribution in [0.2, 0.25) is 5.15 Å². The molecule has 0 aliphatic carbocycles. The van der Waals surface area contributed by atoms with E-state index in [1.165, 1.54) is 17.1 Å². The average Bonchev–Trinajstić information content (AvgIpc) is 2.71. The lowest BCUT2D eigenvalue weighted by Crippen LogP contribution is -2.32. The highest BCUT2D eigenvalue weighted by atomic mass is 35.5. The van der Waals surface area contributed by atoms with E-state index in [0.29, 0.717) is 10.8 Å². The van der Waals surface area contributed by atoms with Gasteiger partial charge in [-0.3, -0.25) is 9.69 Å². The number of fused-ring (bicyclic) bond motifs is 1. The van der Waals surface area contributed by atoms with E-state index >= 15 is 0 Å². The molecule has 2 heterocycles. The number of aryl methyl sites for hydroxylation is 1. The highest BCUT2D eigenvalue weighted by Gasteiger charge is 2.14. The fourth-order valence-electron chi connectivity index (χ4n) is 3.38. The molecule has 4 nitrogen and oxygen atoms in total. The number of hydrogen-bond acceptors (Lipinski definition) is 4. The van der Waals surface area contributed by atoms with Crippen LogP contribution in [0.25, 0.3) is 10.8 Å². The Kier molecular flexibility index (Phi) is 5.85. The molecule has 1 aliphatic rings. The van der Waals surface area contributed by atoms with Crippen molar-refractivity contribution >= 4 is 45.7 Å². The molecule has 2 aromatic carbocycles. The molecule has 6 heteroatoms. The van der Waals surface area contributed by atoms with Gasteiger partial charge in [-0.15, -0.1) is 0 Å². The zero-order chi connectivity index (χ0) is 19.5. The van der Waals surface area contributed by atoms with Crippen LogP contribution < -0.4 is 5.32 Å². The van der Waals surface area contributed by atoms with Gasteiger partial charge in [-0.25, -0.2) is 4.98 Å². The normalized spacial score (nSPS) is 14.9. The summed E-state index contributed by atoms with van der Waals surface area (Å²) < 4.78 is 0. The first kappa shape index (κ1) is 19.2. The molecule has 1 N–H and O–H groups in total. The summed E-state index contributed by atoms with van der Waals surface area (Å²) in [5.74, 6) is 2.12. The Morgan fingerprint density at radius 3 is 2.79 bits per heavy atom. The van der Waals surface area contributed by atoms with Gasteiger partial charge in [0.1, 0.15) is 10.8 Å². The van der Waals surface area contributed by atoms with Gasteiger partial charge < -0.3 is 5.32 Å². The monoisotopic (exact) mass is 411 g/mol. The van der Waals surface area contributed by atoms with E-state index in [9.17, 15) is 4.79 Å². The van der Waals surface area contributed by atoms with E-state index in [-0.39, 0.29) is 5.91 Å². The Morgan fingerprint density at radius 2 is 1.96 bits per heavy atom. The van der Waals surface area contributed by atoms with E-state index in [4.69, 9.17) is 11.6 Å². The van der Waals surface area contributed by atoms with E-state index in [2.05, 4.69) is 33.4 Å².